The molecule has 1 heterocycles. The van der Waals surface area contributed by atoms with Crippen LogP contribution < -0.4 is 11.1 Å². The van der Waals surface area contributed by atoms with Gasteiger partial charge in [0.05, 0.1) is 5.92 Å². The van der Waals surface area contributed by atoms with Gasteiger partial charge in [0.15, 0.2) is 5.67 Å². The fourth-order valence-corrected chi connectivity index (χ4v) is 3.41. The van der Waals surface area contributed by atoms with Gasteiger partial charge in [0, 0.05) is 11.6 Å². The number of allylic oxidation sites excluding steroid dienone is 3. The van der Waals surface area contributed by atoms with Crippen molar-refractivity contribution >= 4 is 17.5 Å². The number of carbonyl (C=O) groups is 1. The van der Waals surface area contributed by atoms with Crippen LogP contribution in [0.2, 0.25) is 0 Å². The molecule has 1 saturated heterocycles. The molecule has 0 spiro atoms. The predicted molar refractivity (Wildman–Crippen MR) is 85.2 cm³/mol. The molecule has 0 aromatic heterocycles. The number of benzene rings is 1. The third kappa shape index (κ3) is 2.69. The van der Waals surface area contributed by atoms with Crippen LogP contribution >= 0.6 is 11.6 Å². The van der Waals surface area contributed by atoms with Gasteiger partial charge in [-0.1, -0.05) is 41.9 Å². The molecule has 1 aliphatic carbocycles. The van der Waals surface area contributed by atoms with Crippen molar-refractivity contribution in [3.05, 3.63) is 58.7 Å². The fourth-order valence-electron chi connectivity index (χ4n) is 3.18. The van der Waals surface area contributed by atoms with Crippen LogP contribution in [0.25, 0.3) is 0 Å². The minimum atomic E-state index is -2.00. The summed E-state index contributed by atoms with van der Waals surface area (Å²) >= 11 is 5.93. The second-order valence-corrected chi connectivity index (χ2v) is 6.28. The van der Waals surface area contributed by atoms with Gasteiger partial charge in [0.1, 0.15) is 0 Å². The summed E-state index contributed by atoms with van der Waals surface area (Å²) in [5.74, 6) is -1.29. The first-order valence-corrected chi connectivity index (χ1v) is 7.74. The highest BCUT2D eigenvalue weighted by Gasteiger charge is 2.43. The molecule has 22 heavy (non-hydrogen) atoms. The van der Waals surface area contributed by atoms with Crippen LogP contribution in [-0.2, 0) is 10.5 Å². The zero-order valence-electron chi connectivity index (χ0n) is 12.1. The van der Waals surface area contributed by atoms with Gasteiger partial charge < -0.3 is 11.1 Å². The topological polar surface area (TPSA) is 55.1 Å². The van der Waals surface area contributed by atoms with Crippen LogP contribution in [-0.4, -0.2) is 19.0 Å². The fraction of sp³-hybridized carbons (Fsp3) is 0.353. The highest BCUT2D eigenvalue weighted by Crippen LogP contribution is 2.41. The molecule has 3 unspecified atom stereocenters. The third-order valence-electron chi connectivity index (χ3n) is 4.44. The first-order valence-electron chi connectivity index (χ1n) is 7.36. The number of halogens is 2. The Balaban J connectivity index is 1.93. The number of carbonyl (C=O) groups excluding carboxylic acids is 1. The van der Waals surface area contributed by atoms with Crippen LogP contribution in [0.15, 0.2) is 47.5 Å². The van der Waals surface area contributed by atoms with Gasteiger partial charge >= 0.3 is 0 Å². The zero-order valence-corrected chi connectivity index (χ0v) is 12.8. The Labute approximate surface area is 134 Å². The molecule has 1 aromatic rings. The van der Waals surface area contributed by atoms with E-state index in [0.717, 1.165) is 19.5 Å². The van der Waals surface area contributed by atoms with E-state index in [1.165, 1.54) is 23.8 Å². The van der Waals surface area contributed by atoms with Crippen molar-refractivity contribution in [3.8, 4) is 0 Å². The standard InChI is InChI=1S/C17H18ClFN2O/c18-14-5-6-15(16(20)22)17(19,9-14)13-3-1-11(2-4-13)12-7-8-21-10-12/h1-6,9,12,15,21H,7-8,10H2,(H2,20,22). The highest BCUT2D eigenvalue weighted by atomic mass is 35.5. The summed E-state index contributed by atoms with van der Waals surface area (Å²) in [5, 5.41) is 3.58. The van der Waals surface area contributed by atoms with E-state index in [2.05, 4.69) is 5.32 Å². The predicted octanol–water partition coefficient (Wildman–Crippen LogP) is 2.72. The van der Waals surface area contributed by atoms with E-state index >= 15 is 4.39 Å². The number of alkyl halides is 1. The SMILES string of the molecule is NC(=O)C1C=CC(Cl)=CC1(F)c1ccc(C2CCNC2)cc1. The Bertz CT molecular complexity index is 635. The molecule has 1 aliphatic heterocycles. The first-order chi connectivity index (χ1) is 10.5. The molecule has 1 aromatic carbocycles. The number of nitrogens with two attached hydrogens (primary N) is 1. The van der Waals surface area contributed by atoms with Crippen LogP contribution in [0, 0.1) is 5.92 Å². The number of primary amides is 1. The van der Waals surface area contributed by atoms with Crippen molar-refractivity contribution in [2.24, 2.45) is 11.7 Å². The van der Waals surface area contributed by atoms with E-state index in [-0.39, 0.29) is 5.03 Å². The number of hydrogen-bond donors (Lipinski definition) is 2. The molecular formula is C17H18ClFN2O. The van der Waals surface area contributed by atoms with Gasteiger partial charge in [-0.05, 0) is 42.2 Å². The van der Waals surface area contributed by atoms with Crippen molar-refractivity contribution in [2.75, 3.05) is 13.1 Å². The molecular weight excluding hydrogens is 303 g/mol. The summed E-state index contributed by atoms with van der Waals surface area (Å²) in [4.78, 5) is 11.6. The lowest BCUT2D eigenvalue weighted by atomic mass is 9.79. The zero-order chi connectivity index (χ0) is 15.7. The molecule has 0 radical (unpaired) electrons. The normalized spacial score (nSPS) is 31.1. The van der Waals surface area contributed by atoms with E-state index in [1.807, 2.05) is 12.1 Å². The lowest BCUT2D eigenvalue weighted by molar-refractivity contribution is -0.123. The van der Waals surface area contributed by atoms with Crippen molar-refractivity contribution in [1.29, 1.82) is 0 Å². The number of nitrogens with one attached hydrogen (secondary N) is 1. The van der Waals surface area contributed by atoms with Crippen molar-refractivity contribution in [2.45, 2.75) is 18.0 Å². The Morgan fingerprint density at radius 2 is 2.09 bits per heavy atom. The maximum Gasteiger partial charge on any atom is 0.228 e. The summed E-state index contributed by atoms with van der Waals surface area (Å²) < 4.78 is 15.5. The quantitative estimate of drug-likeness (QED) is 0.899. The summed E-state index contributed by atoms with van der Waals surface area (Å²) in [7, 11) is 0. The third-order valence-corrected chi connectivity index (χ3v) is 4.67. The van der Waals surface area contributed by atoms with Crippen molar-refractivity contribution in [3.63, 3.8) is 0 Å². The van der Waals surface area contributed by atoms with E-state index in [4.69, 9.17) is 17.3 Å². The van der Waals surface area contributed by atoms with Gasteiger partial charge in [-0.15, -0.1) is 0 Å². The molecule has 1 fully saturated rings. The Morgan fingerprint density at radius 3 is 2.68 bits per heavy atom. The molecule has 1 amide bonds. The molecule has 3 atom stereocenters. The van der Waals surface area contributed by atoms with Gasteiger partial charge in [0.2, 0.25) is 5.91 Å². The van der Waals surface area contributed by atoms with Crippen molar-refractivity contribution in [1.82, 2.24) is 5.32 Å². The lowest BCUT2D eigenvalue weighted by Gasteiger charge is -2.30. The smallest absolute Gasteiger partial charge is 0.228 e. The number of amides is 1. The summed E-state index contributed by atoms with van der Waals surface area (Å²) in [6.45, 7) is 1.95. The second kappa shape index (κ2) is 5.86. The molecule has 0 saturated carbocycles. The molecule has 2 aliphatic rings. The van der Waals surface area contributed by atoms with Crippen LogP contribution in [0.5, 0.6) is 0 Å². The maximum absolute atomic E-state index is 15.5. The van der Waals surface area contributed by atoms with E-state index in [1.54, 1.807) is 12.1 Å². The van der Waals surface area contributed by atoms with E-state index < -0.39 is 17.5 Å². The second-order valence-electron chi connectivity index (χ2n) is 5.85. The van der Waals surface area contributed by atoms with Gasteiger partial charge in [-0.2, -0.15) is 0 Å². The Morgan fingerprint density at radius 1 is 1.36 bits per heavy atom. The molecule has 5 heteroatoms. The molecule has 3 N–H and O–H groups in total. The van der Waals surface area contributed by atoms with Gasteiger partial charge in [-0.25, -0.2) is 4.39 Å². The number of hydrogen-bond acceptors (Lipinski definition) is 2. The summed E-state index contributed by atoms with van der Waals surface area (Å²) in [6.07, 6.45) is 5.28. The van der Waals surface area contributed by atoms with E-state index in [0.29, 0.717) is 11.5 Å². The highest BCUT2D eigenvalue weighted by molar-refractivity contribution is 6.31. The lowest BCUT2D eigenvalue weighted by Crippen LogP contribution is -2.38. The minimum absolute atomic E-state index is 0.268. The van der Waals surface area contributed by atoms with Crippen molar-refractivity contribution < 1.29 is 9.18 Å². The molecule has 116 valence electrons. The maximum atomic E-state index is 15.5. The Hall–Kier alpha value is -1.65. The number of rotatable bonds is 3. The largest absolute Gasteiger partial charge is 0.369 e. The van der Waals surface area contributed by atoms with Crippen LogP contribution in [0.1, 0.15) is 23.5 Å². The molecule has 3 rings (SSSR count). The van der Waals surface area contributed by atoms with Crippen LogP contribution in [0.3, 0.4) is 0 Å². The molecule has 0 bridgehead atoms. The van der Waals surface area contributed by atoms with E-state index in [9.17, 15) is 4.79 Å². The Kier molecular flexibility index (Phi) is 4.06. The van der Waals surface area contributed by atoms with Gasteiger partial charge in [-0.3, -0.25) is 4.79 Å². The summed E-state index contributed by atoms with van der Waals surface area (Å²) in [6, 6.07) is 7.30. The monoisotopic (exact) mass is 320 g/mol. The minimum Gasteiger partial charge on any atom is -0.369 e. The van der Waals surface area contributed by atoms with Crippen LogP contribution in [0.4, 0.5) is 4.39 Å². The average molecular weight is 321 g/mol. The van der Waals surface area contributed by atoms with Gasteiger partial charge in [0.25, 0.3) is 0 Å². The summed E-state index contributed by atoms with van der Waals surface area (Å²) in [5.41, 5.74) is 4.92. The first kappa shape index (κ1) is 15.3. The average Bonchev–Trinajstić information content (AvgIpc) is 3.01. The molecule has 3 nitrogen and oxygen atoms in total.